The first-order chi connectivity index (χ1) is 9.56. The Hall–Kier alpha value is -1.84. The fourth-order valence-electron chi connectivity index (χ4n) is 2.75. The van der Waals surface area contributed by atoms with Crippen molar-refractivity contribution < 1.29 is 9.59 Å². The summed E-state index contributed by atoms with van der Waals surface area (Å²) in [6.45, 7) is 5.78. The molecule has 2 rings (SSSR count). The van der Waals surface area contributed by atoms with Crippen LogP contribution in [0.15, 0.2) is 30.3 Å². The third kappa shape index (κ3) is 2.69. The number of carbonyl (C=O) groups excluding carboxylic acids is 2. The van der Waals surface area contributed by atoms with Crippen molar-refractivity contribution in [2.24, 2.45) is 0 Å². The van der Waals surface area contributed by atoms with E-state index < -0.39 is 6.04 Å². The maximum absolute atomic E-state index is 12.6. The number of piperazine rings is 1. The Morgan fingerprint density at radius 3 is 2.50 bits per heavy atom. The van der Waals surface area contributed by atoms with Crippen molar-refractivity contribution in [2.75, 3.05) is 0 Å². The van der Waals surface area contributed by atoms with Crippen LogP contribution in [0.5, 0.6) is 0 Å². The molecule has 3 atom stereocenters. The van der Waals surface area contributed by atoms with E-state index in [2.05, 4.69) is 5.32 Å². The lowest BCUT2D eigenvalue weighted by molar-refractivity contribution is -0.151. The van der Waals surface area contributed by atoms with Crippen LogP contribution in [0.25, 0.3) is 0 Å². The summed E-state index contributed by atoms with van der Waals surface area (Å²) in [5.41, 5.74) is 1.05. The van der Waals surface area contributed by atoms with Gasteiger partial charge in [-0.2, -0.15) is 0 Å². The van der Waals surface area contributed by atoms with Crippen molar-refractivity contribution >= 4 is 11.8 Å². The van der Waals surface area contributed by atoms with Crippen molar-refractivity contribution in [1.82, 2.24) is 10.2 Å². The van der Waals surface area contributed by atoms with Crippen molar-refractivity contribution in [3.63, 3.8) is 0 Å². The smallest absolute Gasteiger partial charge is 0.246 e. The number of nitrogens with one attached hydrogen (secondary N) is 1. The standard InChI is InChI=1S/C16H22N2O2/c1-4-8-14-16(20)18(12(3)15(19)17-14)11(2)13-9-6-5-7-10-13/h5-7,9-12,14H,4,8H2,1-3H3,(H,17,19). The van der Waals surface area contributed by atoms with E-state index in [0.29, 0.717) is 6.42 Å². The molecule has 20 heavy (non-hydrogen) atoms. The Morgan fingerprint density at radius 1 is 1.25 bits per heavy atom. The molecule has 0 aromatic heterocycles. The van der Waals surface area contributed by atoms with Crippen LogP contribution < -0.4 is 5.32 Å². The third-order valence-electron chi connectivity index (χ3n) is 3.94. The molecular formula is C16H22N2O2. The van der Waals surface area contributed by atoms with Gasteiger partial charge in [-0.1, -0.05) is 43.7 Å². The average Bonchev–Trinajstić information content (AvgIpc) is 2.46. The fourth-order valence-corrected chi connectivity index (χ4v) is 2.75. The quantitative estimate of drug-likeness (QED) is 0.915. The lowest BCUT2D eigenvalue weighted by Crippen LogP contribution is -2.62. The zero-order valence-corrected chi connectivity index (χ0v) is 12.3. The molecule has 0 radical (unpaired) electrons. The maximum atomic E-state index is 12.6. The summed E-state index contributed by atoms with van der Waals surface area (Å²) in [5, 5.41) is 2.82. The van der Waals surface area contributed by atoms with Crippen LogP contribution in [-0.2, 0) is 9.59 Å². The molecule has 1 aliphatic rings. The molecule has 1 saturated heterocycles. The van der Waals surface area contributed by atoms with Gasteiger partial charge in [-0.3, -0.25) is 9.59 Å². The summed E-state index contributed by atoms with van der Waals surface area (Å²) in [6, 6.07) is 8.94. The van der Waals surface area contributed by atoms with Crippen LogP contribution >= 0.6 is 0 Å². The molecule has 108 valence electrons. The van der Waals surface area contributed by atoms with E-state index in [1.54, 1.807) is 11.8 Å². The number of carbonyl (C=O) groups is 2. The molecule has 0 aliphatic carbocycles. The van der Waals surface area contributed by atoms with Gasteiger partial charge in [-0.05, 0) is 25.8 Å². The molecule has 1 aliphatic heterocycles. The summed E-state index contributed by atoms with van der Waals surface area (Å²) in [5.74, 6) is -0.0406. The second-order valence-corrected chi connectivity index (χ2v) is 5.36. The lowest BCUT2D eigenvalue weighted by Gasteiger charge is -2.41. The maximum Gasteiger partial charge on any atom is 0.246 e. The summed E-state index contributed by atoms with van der Waals surface area (Å²) in [4.78, 5) is 26.4. The van der Waals surface area contributed by atoms with Crippen LogP contribution in [-0.4, -0.2) is 28.8 Å². The highest BCUT2D eigenvalue weighted by Crippen LogP contribution is 2.26. The highest BCUT2D eigenvalue weighted by molar-refractivity contribution is 5.96. The van der Waals surface area contributed by atoms with Gasteiger partial charge in [-0.25, -0.2) is 0 Å². The topological polar surface area (TPSA) is 49.4 Å². The number of hydrogen-bond donors (Lipinski definition) is 1. The minimum absolute atomic E-state index is 0.0234. The molecule has 1 N–H and O–H groups in total. The number of amides is 2. The summed E-state index contributed by atoms with van der Waals surface area (Å²) in [6.07, 6.45) is 1.56. The molecule has 1 heterocycles. The van der Waals surface area contributed by atoms with E-state index in [1.807, 2.05) is 44.2 Å². The van der Waals surface area contributed by atoms with Crippen LogP contribution in [0.4, 0.5) is 0 Å². The molecular weight excluding hydrogens is 252 g/mol. The normalized spacial score (nSPS) is 24.4. The fraction of sp³-hybridized carbons (Fsp3) is 0.500. The van der Waals surface area contributed by atoms with E-state index in [1.165, 1.54) is 0 Å². The van der Waals surface area contributed by atoms with Crippen LogP contribution in [0.1, 0.15) is 45.2 Å². The van der Waals surface area contributed by atoms with Gasteiger partial charge in [0.2, 0.25) is 11.8 Å². The lowest BCUT2D eigenvalue weighted by atomic mass is 9.99. The highest BCUT2D eigenvalue weighted by atomic mass is 16.2. The first-order valence-corrected chi connectivity index (χ1v) is 7.23. The van der Waals surface area contributed by atoms with E-state index >= 15 is 0 Å². The number of rotatable bonds is 4. The predicted molar refractivity (Wildman–Crippen MR) is 78.0 cm³/mol. The molecule has 0 spiro atoms. The van der Waals surface area contributed by atoms with Crippen molar-refractivity contribution in [2.45, 2.75) is 51.7 Å². The largest absolute Gasteiger partial charge is 0.343 e. The monoisotopic (exact) mass is 274 g/mol. The Kier molecular flexibility index (Phi) is 4.42. The molecule has 1 aromatic carbocycles. The molecule has 4 nitrogen and oxygen atoms in total. The van der Waals surface area contributed by atoms with Gasteiger partial charge in [0, 0.05) is 0 Å². The van der Waals surface area contributed by atoms with Crippen LogP contribution in [0.2, 0.25) is 0 Å². The second-order valence-electron chi connectivity index (χ2n) is 5.36. The average molecular weight is 274 g/mol. The van der Waals surface area contributed by atoms with E-state index in [0.717, 1.165) is 12.0 Å². The molecule has 0 saturated carbocycles. The Morgan fingerprint density at radius 2 is 1.90 bits per heavy atom. The van der Waals surface area contributed by atoms with Gasteiger partial charge in [0.05, 0.1) is 6.04 Å². The predicted octanol–water partition coefficient (Wildman–Crippen LogP) is 2.26. The zero-order chi connectivity index (χ0) is 14.7. The van der Waals surface area contributed by atoms with Crippen LogP contribution in [0, 0.1) is 0 Å². The Labute approximate surface area is 120 Å². The van der Waals surface area contributed by atoms with Gasteiger partial charge in [0.15, 0.2) is 0 Å². The van der Waals surface area contributed by atoms with Gasteiger partial charge in [0.25, 0.3) is 0 Å². The van der Waals surface area contributed by atoms with E-state index in [-0.39, 0.29) is 23.9 Å². The molecule has 1 aromatic rings. The van der Waals surface area contributed by atoms with Crippen molar-refractivity contribution in [3.8, 4) is 0 Å². The molecule has 4 heteroatoms. The van der Waals surface area contributed by atoms with Gasteiger partial charge < -0.3 is 10.2 Å². The van der Waals surface area contributed by atoms with Gasteiger partial charge in [-0.15, -0.1) is 0 Å². The number of benzene rings is 1. The molecule has 3 unspecified atom stereocenters. The van der Waals surface area contributed by atoms with Crippen molar-refractivity contribution in [3.05, 3.63) is 35.9 Å². The minimum atomic E-state index is -0.425. The SMILES string of the molecule is CCCC1NC(=O)C(C)N(C(C)c2ccccc2)C1=O. The Bertz CT molecular complexity index is 487. The third-order valence-corrected chi connectivity index (χ3v) is 3.94. The number of nitrogens with zero attached hydrogens (tertiary/aromatic N) is 1. The van der Waals surface area contributed by atoms with Gasteiger partial charge >= 0.3 is 0 Å². The second kappa shape index (κ2) is 6.07. The summed E-state index contributed by atoms with van der Waals surface area (Å²) in [7, 11) is 0. The zero-order valence-electron chi connectivity index (χ0n) is 12.3. The summed E-state index contributed by atoms with van der Waals surface area (Å²) >= 11 is 0. The van der Waals surface area contributed by atoms with Crippen molar-refractivity contribution in [1.29, 1.82) is 0 Å². The first-order valence-electron chi connectivity index (χ1n) is 7.23. The first kappa shape index (κ1) is 14.6. The number of hydrogen-bond acceptors (Lipinski definition) is 2. The Balaban J connectivity index is 2.27. The van der Waals surface area contributed by atoms with Gasteiger partial charge in [0.1, 0.15) is 12.1 Å². The molecule has 1 fully saturated rings. The summed E-state index contributed by atoms with van der Waals surface area (Å²) < 4.78 is 0. The highest BCUT2D eigenvalue weighted by Gasteiger charge is 2.40. The molecule has 0 bridgehead atoms. The molecule has 2 amide bonds. The van der Waals surface area contributed by atoms with E-state index in [9.17, 15) is 9.59 Å². The van der Waals surface area contributed by atoms with Crippen LogP contribution in [0.3, 0.4) is 0 Å². The van der Waals surface area contributed by atoms with E-state index in [4.69, 9.17) is 0 Å². The minimum Gasteiger partial charge on any atom is -0.343 e.